The molecule has 6 nitrogen and oxygen atoms in total. The van der Waals surface area contributed by atoms with Gasteiger partial charge in [0.05, 0.1) is 5.88 Å². The van der Waals surface area contributed by atoms with E-state index < -0.39 is 24.5 Å². The van der Waals surface area contributed by atoms with E-state index in [-0.39, 0.29) is 5.91 Å². The second kappa shape index (κ2) is 6.42. The van der Waals surface area contributed by atoms with Crippen LogP contribution >= 0.6 is 11.8 Å². The Hall–Kier alpha value is -2.02. The van der Waals surface area contributed by atoms with Crippen LogP contribution in [0.25, 0.3) is 0 Å². The number of aliphatic carboxylic acids is 1. The van der Waals surface area contributed by atoms with Gasteiger partial charge < -0.3 is 15.3 Å². The smallest absolute Gasteiger partial charge is 0.322 e. The number of nitrogens with zero attached hydrogens (tertiary/aromatic N) is 1. The van der Waals surface area contributed by atoms with Gasteiger partial charge in [-0.3, -0.25) is 14.4 Å². The number of carbonyl (C=O) groups excluding carboxylic acids is 2. The third kappa shape index (κ3) is 3.30. The van der Waals surface area contributed by atoms with Crippen LogP contribution in [-0.4, -0.2) is 52.0 Å². The number of carboxylic acids is 1. The maximum absolute atomic E-state index is 12.3. The highest BCUT2D eigenvalue weighted by Gasteiger charge is 2.35. The monoisotopic (exact) mass is 294 g/mol. The number of rotatable bonds is 4. The SMILES string of the molecule is O=C(O)CNC(=O)C1CSCN1C(=O)c1ccccc1. The first-order chi connectivity index (χ1) is 9.59. The van der Waals surface area contributed by atoms with Crippen LogP contribution in [0, 0.1) is 0 Å². The van der Waals surface area contributed by atoms with Gasteiger partial charge in [-0.05, 0) is 12.1 Å². The lowest BCUT2D eigenvalue weighted by Crippen LogP contribution is -2.48. The molecule has 0 aliphatic carbocycles. The summed E-state index contributed by atoms with van der Waals surface area (Å²) in [7, 11) is 0. The molecule has 7 heteroatoms. The van der Waals surface area contributed by atoms with Crippen molar-refractivity contribution in [3.63, 3.8) is 0 Å². The van der Waals surface area contributed by atoms with E-state index in [9.17, 15) is 14.4 Å². The third-order valence-corrected chi connectivity index (χ3v) is 3.89. The summed E-state index contributed by atoms with van der Waals surface area (Å²) >= 11 is 1.47. The molecule has 20 heavy (non-hydrogen) atoms. The third-order valence-electron chi connectivity index (χ3n) is 2.88. The fraction of sp³-hybridized carbons (Fsp3) is 0.308. The zero-order chi connectivity index (χ0) is 14.5. The minimum atomic E-state index is -1.11. The van der Waals surface area contributed by atoms with Crippen LogP contribution in [0.15, 0.2) is 30.3 Å². The van der Waals surface area contributed by atoms with Crippen molar-refractivity contribution < 1.29 is 19.5 Å². The molecule has 2 amide bonds. The number of thioether (sulfide) groups is 1. The van der Waals surface area contributed by atoms with Crippen LogP contribution in [0.3, 0.4) is 0 Å². The number of nitrogens with one attached hydrogen (secondary N) is 1. The Kier molecular flexibility index (Phi) is 4.62. The van der Waals surface area contributed by atoms with Crippen LogP contribution < -0.4 is 5.32 Å². The van der Waals surface area contributed by atoms with Gasteiger partial charge in [0, 0.05) is 11.3 Å². The van der Waals surface area contributed by atoms with Crippen molar-refractivity contribution in [3.05, 3.63) is 35.9 Å². The van der Waals surface area contributed by atoms with E-state index in [0.29, 0.717) is 17.2 Å². The van der Waals surface area contributed by atoms with Gasteiger partial charge in [-0.15, -0.1) is 11.8 Å². The summed E-state index contributed by atoms with van der Waals surface area (Å²) in [5.74, 6) is -0.846. The molecule has 1 aliphatic heterocycles. The van der Waals surface area contributed by atoms with E-state index in [0.717, 1.165) is 0 Å². The van der Waals surface area contributed by atoms with Gasteiger partial charge in [-0.1, -0.05) is 18.2 Å². The van der Waals surface area contributed by atoms with Gasteiger partial charge in [-0.2, -0.15) is 0 Å². The molecule has 2 rings (SSSR count). The zero-order valence-electron chi connectivity index (χ0n) is 10.6. The van der Waals surface area contributed by atoms with E-state index in [1.807, 2.05) is 6.07 Å². The lowest BCUT2D eigenvalue weighted by atomic mass is 10.1. The molecule has 2 N–H and O–H groups in total. The Bertz CT molecular complexity index is 520. The average Bonchev–Trinajstić information content (AvgIpc) is 2.94. The minimum Gasteiger partial charge on any atom is -0.480 e. The summed E-state index contributed by atoms with van der Waals surface area (Å²) < 4.78 is 0. The largest absolute Gasteiger partial charge is 0.480 e. The molecule has 1 aromatic rings. The van der Waals surface area contributed by atoms with Gasteiger partial charge in [0.15, 0.2) is 0 Å². The predicted octanol–water partition coefficient (Wildman–Crippen LogP) is 0.403. The average molecular weight is 294 g/mol. The number of carboxylic acid groups (broad SMARTS) is 1. The van der Waals surface area contributed by atoms with Crippen molar-refractivity contribution in [2.75, 3.05) is 18.2 Å². The molecule has 1 heterocycles. The molecular weight excluding hydrogens is 280 g/mol. The first kappa shape index (κ1) is 14.4. The van der Waals surface area contributed by atoms with E-state index in [1.165, 1.54) is 16.7 Å². The van der Waals surface area contributed by atoms with E-state index in [2.05, 4.69) is 5.32 Å². The van der Waals surface area contributed by atoms with E-state index in [1.54, 1.807) is 24.3 Å². The molecule has 0 saturated carbocycles. The topological polar surface area (TPSA) is 86.7 Å². The summed E-state index contributed by atoms with van der Waals surface area (Å²) in [6.45, 7) is -0.437. The van der Waals surface area contributed by atoms with Crippen LogP contribution in [0.4, 0.5) is 0 Å². The number of benzene rings is 1. The summed E-state index contributed by atoms with van der Waals surface area (Å²) in [5, 5.41) is 10.9. The predicted molar refractivity (Wildman–Crippen MR) is 74.4 cm³/mol. The second-order valence-corrected chi connectivity index (χ2v) is 5.27. The maximum atomic E-state index is 12.3. The highest BCUT2D eigenvalue weighted by Crippen LogP contribution is 2.23. The molecule has 1 unspecified atom stereocenters. The standard InChI is InChI=1S/C13H14N2O4S/c16-11(17)6-14-12(18)10-7-20-8-15(10)13(19)9-4-2-1-3-5-9/h1-5,10H,6-8H2,(H,14,18)(H,16,17). The summed E-state index contributed by atoms with van der Waals surface area (Å²) in [6.07, 6.45) is 0. The van der Waals surface area contributed by atoms with Crippen molar-refractivity contribution in [2.45, 2.75) is 6.04 Å². The number of carbonyl (C=O) groups is 3. The van der Waals surface area contributed by atoms with Crippen LogP contribution in [0.2, 0.25) is 0 Å². The summed E-state index contributed by atoms with van der Waals surface area (Å²) in [6, 6.07) is 8.10. The minimum absolute atomic E-state index is 0.217. The second-order valence-electron chi connectivity index (χ2n) is 4.27. The van der Waals surface area contributed by atoms with Crippen molar-refractivity contribution >= 4 is 29.5 Å². The normalized spacial score (nSPS) is 17.8. The van der Waals surface area contributed by atoms with E-state index >= 15 is 0 Å². The molecule has 0 radical (unpaired) electrons. The Morgan fingerprint density at radius 3 is 2.65 bits per heavy atom. The highest BCUT2D eigenvalue weighted by atomic mass is 32.2. The Morgan fingerprint density at radius 2 is 2.00 bits per heavy atom. The van der Waals surface area contributed by atoms with Gasteiger partial charge in [0.25, 0.3) is 5.91 Å². The van der Waals surface area contributed by atoms with Crippen LogP contribution in [0.5, 0.6) is 0 Å². The summed E-state index contributed by atoms with van der Waals surface area (Å²) in [4.78, 5) is 36.2. The van der Waals surface area contributed by atoms with Crippen molar-refractivity contribution in [1.82, 2.24) is 10.2 Å². The molecular formula is C13H14N2O4S. The Morgan fingerprint density at radius 1 is 1.30 bits per heavy atom. The van der Waals surface area contributed by atoms with Crippen molar-refractivity contribution in [2.24, 2.45) is 0 Å². The van der Waals surface area contributed by atoms with Crippen molar-refractivity contribution in [1.29, 1.82) is 0 Å². The van der Waals surface area contributed by atoms with Gasteiger partial charge in [0.1, 0.15) is 12.6 Å². The molecule has 1 fully saturated rings. The number of hydrogen-bond donors (Lipinski definition) is 2. The van der Waals surface area contributed by atoms with Crippen LogP contribution in [0.1, 0.15) is 10.4 Å². The maximum Gasteiger partial charge on any atom is 0.322 e. The molecule has 1 saturated heterocycles. The van der Waals surface area contributed by atoms with Gasteiger partial charge in [0.2, 0.25) is 5.91 Å². The summed E-state index contributed by atoms with van der Waals surface area (Å²) in [5.41, 5.74) is 0.519. The molecule has 0 aromatic heterocycles. The lowest BCUT2D eigenvalue weighted by Gasteiger charge is -2.22. The van der Waals surface area contributed by atoms with E-state index in [4.69, 9.17) is 5.11 Å². The molecule has 1 atom stereocenters. The quantitative estimate of drug-likeness (QED) is 0.839. The molecule has 0 bridgehead atoms. The Balaban J connectivity index is 2.05. The molecule has 1 aromatic carbocycles. The van der Waals surface area contributed by atoms with Crippen LogP contribution in [-0.2, 0) is 9.59 Å². The Labute approximate surface area is 120 Å². The fourth-order valence-corrected chi connectivity index (χ4v) is 3.04. The number of hydrogen-bond acceptors (Lipinski definition) is 4. The lowest BCUT2D eigenvalue weighted by molar-refractivity contribution is -0.138. The fourth-order valence-electron chi connectivity index (χ4n) is 1.89. The van der Waals surface area contributed by atoms with Crippen molar-refractivity contribution in [3.8, 4) is 0 Å². The highest BCUT2D eigenvalue weighted by molar-refractivity contribution is 7.99. The zero-order valence-corrected chi connectivity index (χ0v) is 11.4. The molecule has 0 spiro atoms. The number of amides is 2. The van der Waals surface area contributed by atoms with Gasteiger partial charge in [-0.25, -0.2) is 0 Å². The first-order valence-electron chi connectivity index (χ1n) is 6.03. The molecule has 1 aliphatic rings. The van der Waals surface area contributed by atoms with Gasteiger partial charge >= 0.3 is 5.97 Å². The molecule has 106 valence electrons. The first-order valence-corrected chi connectivity index (χ1v) is 7.18.